The average molecular weight is 404 g/mol. The van der Waals surface area contributed by atoms with Crippen LogP contribution in [-0.2, 0) is 21.4 Å². The number of fused-ring (bicyclic) bond motifs is 3. The van der Waals surface area contributed by atoms with Crippen molar-refractivity contribution >= 4 is 17.3 Å². The van der Waals surface area contributed by atoms with E-state index < -0.39 is 20.7 Å². The van der Waals surface area contributed by atoms with Crippen LogP contribution < -0.4 is 0 Å². The summed E-state index contributed by atoms with van der Waals surface area (Å²) in [7, 11) is 1.38. The zero-order valence-electron chi connectivity index (χ0n) is 17.6. The number of ether oxygens (including phenoxy) is 1. The van der Waals surface area contributed by atoms with Crippen LogP contribution in [0.3, 0.4) is 0 Å². The van der Waals surface area contributed by atoms with Gasteiger partial charge in [-0.25, -0.2) is 0 Å². The van der Waals surface area contributed by atoms with E-state index in [1.54, 1.807) is 19.9 Å². The fourth-order valence-electron chi connectivity index (χ4n) is 6.00. The molecule has 0 radical (unpaired) electrons. The molecule has 158 valence electrons. The third-order valence-corrected chi connectivity index (χ3v) is 7.26. The molecule has 8 nitrogen and oxygen atoms in total. The van der Waals surface area contributed by atoms with Crippen molar-refractivity contribution in [3.8, 4) is 0 Å². The molecule has 1 fully saturated rings. The summed E-state index contributed by atoms with van der Waals surface area (Å²) in [6.45, 7) is 7.38. The Morgan fingerprint density at radius 3 is 2.38 bits per heavy atom. The quantitative estimate of drug-likeness (QED) is 0.404. The van der Waals surface area contributed by atoms with Crippen molar-refractivity contribution in [1.82, 2.24) is 0 Å². The first-order valence-corrected chi connectivity index (χ1v) is 10.1. The van der Waals surface area contributed by atoms with Gasteiger partial charge in [-0.15, -0.1) is 0 Å². The Labute approximate surface area is 169 Å². The maximum absolute atomic E-state index is 12.7. The summed E-state index contributed by atoms with van der Waals surface area (Å²) in [6, 6.07) is 1.55. The second-order valence-electron chi connectivity index (χ2n) is 9.12. The topological polar surface area (TPSA) is 113 Å². The van der Waals surface area contributed by atoms with Crippen molar-refractivity contribution in [1.29, 1.82) is 0 Å². The van der Waals surface area contributed by atoms with Crippen molar-refractivity contribution < 1.29 is 19.4 Å². The summed E-state index contributed by atoms with van der Waals surface area (Å²) in [5.74, 6) is -0.717. The Bertz CT molecular complexity index is 896. The fraction of sp³-hybridized carbons (Fsp3) is 0.667. The van der Waals surface area contributed by atoms with Gasteiger partial charge in [-0.3, -0.25) is 25.0 Å². The minimum atomic E-state index is -0.709. The predicted octanol–water partition coefficient (Wildman–Crippen LogP) is 4.81. The van der Waals surface area contributed by atoms with Gasteiger partial charge in [0, 0.05) is 11.6 Å². The Kier molecular flexibility index (Phi) is 5.17. The van der Waals surface area contributed by atoms with Crippen molar-refractivity contribution in [3.63, 3.8) is 0 Å². The predicted molar refractivity (Wildman–Crippen MR) is 107 cm³/mol. The SMILES string of the molecule is COC(=O)[C@]1(C)CCC[C@]2(C)c3cc([N+](=O)[O-])c(C(C)C)c([N+](=O)[O-])c3CC[C@@H]12. The van der Waals surface area contributed by atoms with E-state index in [0.717, 1.165) is 12.8 Å². The molecule has 2 aliphatic carbocycles. The molecule has 0 heterocycles. The maximum Gasteiger partial charge on any atom is 0.311 e. The van der Waals surface area contributed by atoms with Crippen LogP contribution in [0.25, 0.3) is 0 Å². The van der Waals surface area contributed by atoms with Gasteiger partial charge in [-0.1, -0.05) is 27.2 Å². The standard InChI is InChI=1S/C21H28N2O6/c1-12(2)17-15(22(25)26)11-14-13(18(17)23(27)28)7-8-16-20(14,3)9-6-10-21(16,4)19(24)29-5/h11-12,16H,6-10H2,1-5H3/t16-,20-,21-/m1/s1. The van der Waals surface area contributed by atoms with Crippen molar-refractivity contribution in [3.05, 3.63) is 43.0 Å². The Balaban J connectivity index is 2.32. The van der Waals surface area contributed by atoms with E-state index in [1.165, 1.54) is 7.11 Å². The summed E-state index contributed by atoms with van der Waals surface area (Å²) in [4.78, 5) is 35.5. The lowest BCUT2D eigenvalue weighted by Gasteiger charge is -2.53. The number of hydrogen-bond acceptors (Lipinski definition) is 6. The number of benzene rings is 1. The lowest BCUT2D eigenvalue weighted by molar-refractivity contribution is -0.396. The molecule has 1 aromatic carbocycles. The summed E-state index contributed by atoms with van der Waals surface area (Å²) < 4.78 is 5.09. The molecule has 0 aromatic heterocycles. The molecule has 0 unspecified atom stereocenters. The number of esters is 1. The normalized spacial score (nSPS) is 28.4. The van der Waals surface area contributed by atoms with Crippen LogP contribution in [0.5, 0.6) is 0 Å². The molecule has 3 atom stereocenters. The monoisotopic (exact) mass is 404 g/mol. The highest BCUT2D eigenvalue weighted by molar-refractivity contribution is 5.78. The van der Waals surface area contributed by atoms with Crippen LogP contribution in [0.1, 0.15) is 76.0 Å². The molecule has 0 amide bonds. The van der Waals surface area contributed by atoms with Crippen LogP contribution in [0, 0.1) is 31.6 Å². The average Bonchev–Trinajstić information content (AvgIpc) is 2.65. The second kappa shape index (κ2) is 7.07. The molecule has 1 aromatic rings. The summed E-state index contributed by atoms with van der Waals surface area (Å²) in [5, 5.41) is 23.9. The highest BCUT2D eigenvalue weighted by atomic mass is 16.6. The number of nitro benzene ring substituents is 2. The molecule has 0 spiro atoms. The van der Waals surface area contributed by atoms with E-state index in [2.05, 4.69) is 0 Å². The molecule has 0 aliphatic heterocycles. The number of nitro groups is 2. The zero-order chi connectivity index (χ0) is 21.7. The molecule has 2 aliphatic rings. The fourth-order valence-corrected chi connectivity index (χ4v) is 6.00. The molecule has 0 bridgehead atoms. The molecule has 0 N–H and O–H groups in total. The maximum atomic E-state index is 12.7. The summed E-state index contributed by atoms with van der Waals surface area (Å²) >= 11 is 0. The van der Waals surface area contributed by atoms with Crippen LogP contribution in [0.4, 0.5) is 11.4 Å². The first-order chi connectivity index (χ1) is 13.5. The van der Waals surface area contributed by atoms with Crippen LogP contribution >= 0.6 is 0 Å². The molecular weight excluding hydrogens is 376 g/mol. The first kappa shape index (κ1) is 21.2. The van der Waals surface area contributed by atoms with Gasteiger partial charge < -0.3 is 4.74 Å². The molecule has 3 rings (SSSR count). The smallest absolute Gasteiger partial charge is 0.311 e. The van der Waals surface area contributed by atoms with Crippen molar-refractivity contribution in [2.24, 2.45) is 11.3 Å². The van der Waals surface area contributed by atoms with Gasteiger partial charge in [0.05, 0.1) is 22.4 Å². The van der Waals surface area contributed by atoms with Gasteiger partial charge in [-0.2, -0.15) is 0 Å². The minimum absolute atomic E-state index is 0.0900. The second-order valence-corrected chi connectivity index (χ2v) is 9.12. The Morgan fingerprint density at radius 1 is 1.21 bits per heavy atom. The Hall–Kier alpha value is -2.51. The lowest BCUT2D eigenvalue weighted by atomic mass is 9.49. The van der Waals surface area contributed by atoms with Gasteiger partial charge >= 0.3 is 5.97 Å². The minimum Gasteiger partial charge on any atom is -0.469 e. The first-order valence-electron chi connectivity index (χ1n) is 10.1. The summed E-state index contributed by atoms with van der Waals surface area (Å²) in [5.41, 5.74) is -0.137. The number of nitrogens with zero attached hydrogens (tertiary/aromatic N) is 2. The highest BCUT2D eigenvalue weighted by Crippen LogP contribution is 2.59. The number of methoxy groups -OCH3 is 1. The third-order valence-electron chi connectivity index (χ3n) is 7.26. The number of rotatable bonds is 4. The van der Waals surface area contributed by atoms with E-state index in [4.69, 9.17) is 4.74 Å². The third kappa shape index (κ3) is 3.00. The lowest BCUT2D eigenvalue weighted by Crippen LogP contribution is -2.52. The van der Waals surface area contributed by atoms with E-state index in [9.17, 15) is 25.0 Å². The molecule has 0 saturated heterocycles. The van der Waals surface area contributed by atoms with Gasteiger partial charge in [-0.05, 0) is 55.4 Å². The van der Waals surface area contributed by atoms with E-state index in [0.29, 0.717) is 30.4 Å². The largest absolute Gasteiger partial charge is 0.469 e. The van der Waals surface area contributed by atoms with Gasteiger partial charge in [0.25, 0.3) is 11.4 Å². The van der Waals surface area contributed by atoms with Crippen LogP contribution in [0.2, 0.25) is 0 Å². The van der Waals surface area contributed by atoms with Gasteiger partial charge in [0.2, 0.25) is 0 Å². The van der Waals surface area contributed by atoms with E-state index in [1.807, 2.05) is 13.8 Å². The van der Waals surface area contributed by atoms with Crippen LogP contribution in [-0.4, -0.2) is 22.9 Å². The molecular formula is C21H28N2O6. The number of hydrogen-bond donors (Lipinski definition) is 0. The van der Waals surface area contributed by atoms with E-state index >= 15 is 0 Å². The molecule has 29 heavy (non-hydrogen) atoms. The molecule has 1 saturated carbocycles. The molecule has 8 heteroatoms. The van der Waals surface area contributed by atoms with Gasteiger partial charge in [0.15, 0.2) is 0 Å². The number of carbonyl (C=O) groups excluding carboxylic acids is 1. The van der Waals surface area contributed by atoms with Crippen molar-refractivity contribution in [2.75, 3.05) is 7.11 Å². The highest BCUT2D eigenvalue weighted by Gasteiger charge is 2.57. The van der Waals surface area contributed by atoms with Crippen molar-refractivity contribution in [2.45, 2.75) is 71.1 Å². The summed E-state index contributed by atoms with van der Waals surface area (Å²) in [6.07, 6.45) is 3.21. The van der Waals surface area contributed by atoms with E-state index in [-0.39, 0.29) is 34.7 Å². The zero-order valence-corrected chi connectivity index (χ0v) is 17.6. The van der Waals surface area contributed by atoms with Gasteiger partial charge in [0.1, 0.15) is 5.56 Å². The van der Waals surface area contributed by atoms with Crippen LogP contribution in [0.15, 0.2) is 6.07 Å². The number of carbonyl (C=O) groups is 1. The Morgan fingerprint density at radius 2 is 1.86 bits per heavy atom.